The van der Waals surface area contributed by atoms with Gasteiger partial charge in [0.25, 0.3) is 0 Å². The average molecular weight is 480 g/mol. The minimum Gasteiger partial charge on any atom is -0.486 e. The van der Waals surface area contributed by atoms with E-state index >= 15 is 0 Å². The molecule has 2 saturated heterocycles. The topological polar surface area (TPSA) is 71.4 Å². The molecular formula is C26H29N3O4S. The van der Waals surface area contributed by atoms with Crippen molar-refractivity contribution in [3.05, 3.63) is 48.0 Å². The highest BCUT2D eigenvalue weighted by molar-refractivity contribution is 8.13. The fourth-order valence-corrected chi connectivity index (χ4v) is 5.54. The van der Waals surface area contributed by atoms with E-state index in [1.165, 1.54) is 0 Å². The number of fused-ring (bicyclic) bond motifs is 1. The lowest BCUT2D eigenvalue weighted by Crippen LogP contribution is -2.43. The highest BCUT2D eigenvalue weighted by atomic mass is 32.2. The number of ether oxygens (including phenoxy) is 2. The normalized spacial score (nSPS) is 21.4. The lowest BCUT2D eigenvalue weighted by molar-refractivity contribution is -0.132. The predicted octanol–water partition coefficient (Wildman–Crippen LogP) is 4.59. The molecule has 3 heterocycles. The van der Waals surface area contributed by atoms with E-state index in [1.807, 2.05) is 36.4 Å². The number of anilines is 1. The third-order valence-electron chi connectivity index (χ3n) is 6.34. The van der Waals surface area contributed by atoms with E-state index in [4.69, 9.17) is 14.5 Å². The number of rotatable bonds is 4. The van der Waals surface area contributed by atoms with Crippen LogP contribution in [0.3, 0.4) is 0 Å². The second kappa shape index (κ2) is 9.70. The molecule has 34 heavy (non-hydrogen) atoms. The van der Waals surface area contributed by atoms with Crippen LogP contribution in [0, 0.1) is 5.92 Å². The molecule has 3 aliphatic rings. The van der Waals surface area contributed by atoms with Crippen molar-refractivity contribution in [3.63, 3.8) is 0 Å². The van der Waals surface area contributed by atoms with Crippen molar-refractivity contribution in [2.45, 2.75) is 32.6 Å². The lowest BCUT2D eigenvalue weighted by Gasteiger charge is -2.30. The first-order chi connectivity index (χ1) is 16.5. The Morgan fingerprint density at radius 1 is 1.12 bits per heavy atom. The van der Waals surface area contributed by atoms with Crippen molar-refractivity contribution in [3.8, 4) is 11.5 Å². The highest BCUT2D eigenvalue weighted by Gasteiger charge is 2.39. The molecule has 2 aromatic carbocycles. The van der Waals surface area contributed by atoms with Gasteiger partial charge in [-0.3, -0.25) is 14.5 Å². The van der Waals surface area contributed by atoms with Gasteiger partial charge in [0.1, 0.15) is 13.2 Å². The SMILES string of the molecule is CC(C)c1ccccc1N=C1SCCCN1C(=O)[C@@H]1CC(=O)N(c2ccc3c(c2)OCCO3)C1. The minimum absolute atomic E-state index is 0.0265. The van der Waals surface area contributed by atoms with Crippen LogP contribution in [0.2, 0.25) is 0 Å². The number of carbonyl (C=O) groups is 2. The molecule has 0 N–H and O–H groups in total. The molecule has 7 nitrogen and oxygen atoms in total. The molecule has 2 amide bonds. The molecule has 1 atom stereocenters. The van der Waals surface area contributed by atoms with Gasteiger partial charge in [-0.15, -0.1) is 0 Å². The molecule has 2 fully saturated rings. The number of para-hydroxylation sites is 1. The number of hydrogen-bond acceptors (Lipinski definition) is 6. The summed E-state index contributed by atoms with van der Waals surface area (Å²) in [6, 6.07) is 13.6. The van der Waals surface area contributed by atoms with Crippen molar-refractivity contribution in [1.29, 1.82) is 0 Å². The fourth-order valence-electron chi connectivity index (χ4n) is 4.58. The van der Waals surface area contributed by atoms with Crippen molar-refractivity contribution < 1.29 is 19.1 Å². The van der Waals surface area contributed by atoms with Crippen LogP contribution < -0.4 is 14.4 Å². The van der Waals surface area contributed by atoms with Crippen molar-refractivity contribution in [1.82, 2.24) is 4.90 Å². The van der Waals surface area contributed by atoms with Crippen LogP contribution in [0.4, 0.5) is 11.4 Å². The number of benzene rings is 2. The Bertz CT molecular complexity index is 1130. The molecule has 3 aliphatic heterocycles. The first-order valence-corrected chi connectivity index (χ1v) is 12.8. The van der Waals surface area contributed by atoms with Crippen molar-refractivity contribution >= 4 is 40.1 Å². The van der Waals surface area contributed by atoms with E-state index in [0.29, 0.717) is 43.7 Å². The highest BCUT2D eigenvalue weighted by Crippen LogP contribution is 2.37. The monoisotopic (exact) mass is 479 g/mol. The summed E-state index contributed by atoms with van der Waals surface area (Å²) in [7, 11) is 0. The molecule has 0 radical (unpaired) electrons. The fraction of sp³-hybridized carbons (Fsp3) is 0.423. The summed E-state index contributed by atoms with van der Waals surface area (Å²) in [5.74, 6) is 2.11. The van der Waals surface area contributed by atoms with Gasteiger partial charge in [0, 0.05) is 37.0 Å². The summed E-state index contributed by atoms with van der Waals surface area (Å²) in [6.45, 7) is 6.28. The molecule has 178 valence electrons. The number of aliphatic imine (C=N–C) groups is 1. The Morgan fingerprint density at radius 3 is 2.74 bits per heavy atom. The van der Waals surface area contributed by atoms with Gasteiger partial charge < -0.3 is 14.4 Å². The molecule has 0 aromatic heterocycles. The maximum Gasteiger partial charge on any atom is 0.233 e. The zero-order chi connectivity index (χ0) is 23.7. The summed E-state index contributed by atoms with van der Waals surface area (Å²) in [4.78, 5) is 34.8. The van der Waals surface area contributed by atoms with E-state index in [0.717, 1.165) is 34.3 Å². The van der Waals surface area contributed by atoms with Gasteiger partial charge in [0.05, 0.1) is 11.6 Å². The van der Waals surface area contributed by atoms with Crippen LogP contribution in [0.5, 0.6) is 11.5 Å². The van der Waals surface area contributed by atoms with Gasteiger partial charge in [0.2, 0.25) is 11.8 Å². The zero-order valence-corrected chi connectivity index (χ0v) is 20.3. The second-order valence-corrected chi connectivity index (χ2v) is 10.1. The van der Waals surface area contributed by atoms with Crippen molar-refractivity contribution in [2.24, 2.45) is 10.9 Å². The minimum atomic E-state index is -0.398. The standard InChI is InChI=1S/C26H29N3O4S/c1-17(2)20-6-3-4-7-21(20)27-26-28(10-5-13-34-26)25(31)18-14-24(30)29(16-18)19-8-9-22-23(15-19)33-12-11-32-22/h3-4,6-9,15,17-18H,5,10-14,16H2,1-2H3/t18-/m1/s1. The number of carbonyl (C=O) groups excluding carboxylic acids is 2. The smallest absolute Gasteiger partial charge is 0.233 e. The molecule has 0 unspecified atom stereocenters. The van der Waals surface area contributed by atoms with E-state index in [2.05, 4.69) is 19.9 Å². The molecule has 2 aromatic rings. The largest absolute Gasteiger partial charge is 0.486 e. The average Bonchev–Trinajstić information content (AvgIpc) is 3.25. The quantitative estimate of drug-likeness (QED) is 0.642. The van der Waals surface area contributed by atoms with Gasteiger partial charge >= 0.3 is 0 Å². The Morgan fingerprint density at radius 2 is 1.91 bits per heavy atom. The van der Waals surface area contributed by atoms with Crippen LogP contribution in [-0.4, -0.2) is 53.9 Å². The van der Waals surface area contributed by atoms with Gasteiger partial charge in [-0.05, 0) is 36.1 Å². The summed E-state index contributed by atoms with van der Waals surface area (Å²) in [5, 5.41) is 0.731. The van der Waals surface area contributed by atoms with Crippen LogP contribution in [0.15, 0.2) is 47.5 Å². The Kier molecular flexibility index (Phi) is 6.50. The molecule has 8 heteroatoms. The summed E-state index contributed by atoms with van der Waals surface area (Å²) in [5.41, 5.74) is 2.80. The van der Waals surface area contributed by atoms with Crippen LogP contribution in [0.25, 0.3) is 0 Å². The van der Waals surface area contributed by atoms with E-state index < -0.39 is 5.92 Å². The Labute approximate surface area is 204 Å². The number of nitrogens with zero attached hydrogens (tertiary/aromatic N) is 3. The third-order valence-corrected chi connectivity index (χ3v) is 7.40. The van der Waals surface area contributed by atoms with Gasteiger partial charge in [-0.1, -0.05) is 43.8 Å². The van der Waals surface area contributed by atoms with E-state index in [9.17, 15) is 9.59 Å². The maximum absolute atomic E-state index is 13.6. The maximum atomic E-state index is 13.6. The van der Waals surface area contributed by atoms with Gasteiger partial charge in [0.15, 0.2) is 16.7 Å². The summed E-state index contributed by atoms with van der Waals surface area (Å²) < 4.78 is 11.3. The van der Waals surface area contributed by atoms with Gasteiger partial charge in [-0.25, -0.2) is 4.99 Å². The molecular weight excluding hydrogens is 450 g/mol. The first-order valence-electron chi connectivity index (χ1n) is 11.8. The molecule has 0 saturated carbocycles. The van der Waals surface area contributed by atoms with E-state index in [-0.39, 0.29) is 18.2 Å². The van der Waals surface area contributed by atoms with Crippen molar-refractivity contribution in [2.75, 3.05) is 37.0 Å². The predicted molar refractivity (Wildman–Crippen MR) is 134 cm³/mol. The van der Waals surface area contributed by atoms with Gasteiger partial charge in [-0.2, -0.15) is 0 Å². The first kappa shape index (κ1) is 22.8. The Balaban J connectivity index is 1.36. The molecule has 0 spiro atoms. The molecule has 5 rings (SSSR count). The zero-order valence-electron chi connectivity index (χ0n) is 19.5. The summed E-state index contributed by atoms with van der Waals surface area (Å²) in [6.07, 6.45) is 1.11. The second-order valence-electron chi connectivity index (χ2n) is 9.03. The van der Waals surface area contributed by atoms with E-state index in [1.54, 1.807) is 21.6 Å². The van der Waals surface area contributed by atoms with Crippen LogP contribution in [-0.2, 0) is 9.59 Å². The lowest BCUT2D eigenvalue weighted by atomic mass is 10.0. The Hall–Kier alpha value is -3.00. The van der Waals surface area contributed by atoms with Crippen LogP contribution in [0.1, 0.15) is 38.2 Å². The number of thioether (sulfide) groups is 1. The summed E-state index contributed by atoms with van der Waals surface area (Å²) >= 11 is 1.61. The molecule has 0 bridgehead atoms. The van der Waals surface area contributed by atoms with Crippen LogP contribution >= 0.6 is 11.8 Å². The molecule has 0 aliphatic carbocycles. The number of amidine groups is 1. The number of hydrogen-bond donors (Lipinski definition) is 0. The number of amides is 2. The third kappa shape index (κ3) is 4.51.